The third kappa shape index (κ3) is 4.78. The molecule has 0 spiro atoms. The van der Waals surface area contributed by atoms with Crippen LogP contribution in [0.25, 0.3) is 0 Å². The van der Waals surface area contributed by atoms with E-state index >= 15 is 0 Å². The summed E-state index contributed by atoms with van der Waals surface area (Å²) < 4.78 is 10.6. The topological polar surface area (TPSA) is 35.5 Å². The molecule has 3 heteroatoms. The van der Waals surface area contributed by atoms with E-state index in [1.807, 2.05) is 45.0 Å². The number of benzene rings is 1. The predicted octanol–water partition coefficient (Wildman–Crippen LogP) is 3.22. The third-order valence-corrected chi connectivity index (χ3v) is 2.94. The van der Waals surface area contributed by atoms with Gasteiger partial charge < -0.3 is 9.47 Å². The van der Waals surface area contributed by atoms with Crippen LogP contribution < -0.4 is 4.74 Å². The van der Waals surface area contributed by atoms with Crippen molar-refractivity contribution >= 4 is 5.97 Å². The molecule has 0 aromatic heterocycles. The number of carbonyl (C=O) groups excluding carboxylic acids is 1. The molecule has 0 amide bonds. The van der Waals surface area contributed by atoms with Gasteiger partial charge in [-0.2, -0.15) is 0 Å². The zero-order valence-electron chi connectivity index (χ0n) is 11.6. The van der Waals surface area contributed by atoms with Gasteiger partial charge in [-0.25, -0.2) is 4.79 Å². The Morgan fingerprint density at radius 1 is 1.17 bits per heavy atom. The normalized spacial score (nSPS) is 12.3. The monoisotopic (exact) mass is 250 g/mol. The lowest BCUT2D eigenvalue weighted by Crippen LogP contribution is -2.24. The van der Waals surface area contributed by atoms with Crippen LogP contribution in [0.2, 0.25) is 0 Å². The summed E-state index contributed by atoms with van der Waals surface area (Å²) in [6, 6.07) is 7.74. The van der Waals surface area contributed by atoms with Gasteiger partial charge in [0.05, 0.1) is 0 Å². The summed E-state index contributed by atoms with van der Waals surface area (Å²) in [4.78, 5) is 11.5. The molecule has 0 radical (unpaired) electrons. The Labute approximate surface area is 109 Å². The highest BCUT2D eigenvalue weighted by atomic mass is 16.6. The molecule has 1 atom stereocenters. The molecule has 0 aliphatic heterocycles. The fourth-order valence-electron chi connectivity index (χ4n) is 1.34. The van der Waals surface area contributed by atoms with E-state index in [9.17, 15) is 4.79 Å². The number of ether oxygens (including phenoxy) is 2. The van der Waals surface area contributed by atoms with Crippen LogP contribution in [-0.4, -0.2) is 18.7 Å². The summed E-state index contributed by atoms with van der Waals surface area (Å²) in [5, 5.41) is 0. The van der Waals surface area contributed by atoms with Crippen LogP contribution >= 0.6 is 0 Å². The molecule has 18 heavy (non-hydrogen) atoms. The van der Waals surface area contributed by atoms with Gasteiger partial charge in [0.2, 0.25) is 0 Å². The van der Waals surface area contributed by atoms with Gasteiger partial charge in [0, 0.05) is 0 Å². The number of hydrogen-bond donors (Lipinski definition) is 0. The van der Waals surface area contributed by atoms with Crippen molar-refractivity contribution in [2.45, 2.75) is 40.2 Å². The molecule has 1 rings (SSSR count). The Bertz CT molecular complexity index is 368. The van der Waals surface area contributed by atoms with E-state index in [0.717, 1.165) is 6.42 Å². The minimum absolute atomic E-state index is 0.0392. The zero-order valence-corrected chi connectivity index (χ0v) is 11.6. The highest BCUT2D eigenvalue weighted by Crippen LogP contribution is 2.13. The first-order valence-electron chi connectivity index (χ1n) is 6.44. The second-order valence-corrected chi connectivity index (χ2v) is 4.73. The third-order valence-electron chi connectivity index (χ3n) is 2.94. The first-order valence-corrected chi connectivity index (χ1v) is 6.44. The second kappa shape index (κ2) is 7.04. The van der Waals surface area contributed by atoms with Crippen LogP contribution in [0, 0.1) is 5.92 Å². The molecule has 1 aromatic carbocycles. The maximum atomic E-state index is 11.5. The summed E-state index contributed by atoms with van der Waals surface area (Å²) in [7, 11) is 0. The number of rotatable bonds is 6. The maximum Gasteiger partial charge on any atom is 0.344 e. The van der Waals surface area contributed by atoms with Crippen molar-refractivity contribution in [3.63, 3.8) is 0 Å². The van der Waals surface area contributed by atoms with Crippen molar-refractivity contribution in [2.24, 2.45) is 5.92 Å². The second-order valence-electron chi connectivity index (χ2n) is 4.73. The summed E-state index contributed by atoms with van der Waals surface area (Å²) in [6.45, 7) is 7.98. The van der Waals surface area contributed by atoms with Crippen molar-refractivity contribution < 1.29 is 14.3 Å². The molecule has 0 saturated carbocycles. The van der Waals surface area contributed by atoms with E-state index in [-0.39, 0.29) is 18.7 Å². The van der Waals surface area contributed by atoms with Crippen molar-refractivity contribution in [1.29, 1.82) is 0 Å². The largest absolute Gasteiger partial charge is 0.482 e. The van der Waals surface area contributed by atoms with Crippen molar-refractivity contribution in [3.8, 4) is 5.75 Å². The SMILES string of the molecule is CCc1ccc(OCC(=O)OC(C)C(C)C)cc1. The van der Waals surface area contributed by atoms with Gasteiger partial charge >= 0.3 is 5.97 Å². The molecular weight excluding hydrogens is 228 g/mol. The molecule has 0 aliphatic carbocycles. The van der Waals surface area contributed by atoms with E-state index in [4.69, 9.17) is 9.47 Å². The molecule has 0 saturated heterocycles. The Balaban J connectivity index is 2.37. The van der Waals surface area contributed by atoms with E-state index in [1.54, 1.807) is 0 Å². The van der Waals surface area contributed by atoms with E-state index < -0.39 is 0 Å². The molecule has 3 nitrogen and oxygen atoms in total. The minimum Gasteiger partial charge on any atom is -0.482 e. The minimum atomic E-state index is -0.323. The molecule has 1 aromatic rings. The molecule has 100 valence electrons. The van der Waals surface area contributed by atoms with E-state index in [0.29, 0.717) is 11.7 Å². The fourth-order valence-corrected chi connectivity index (χ4v) is 1.34. The highest BCUT2D eigenvalue weighted by molar-refractivity contribution is 5.71. The Morgan fingerprint density at radius 2 is 1.78 bits per heavy atom. The summed E-state index contributed by atoms with van der Waals surface area (Å²) in [6.07, 6.45) is 0.914. The van der Waals surface area contributed by atoms with Gasteiger partial charge in [-0.15, -0.1) is 0 Å². The first kappa shape index (κ1) is 14.6. The van der Waals surface area contributed by atoms with Crippen molar-refractivity contribution in [3.05, 3.63) is 29.8 Å². The zero-order chi connectivity index (χ0) is 13.5. The van der Waals surface area contributed by atoms with Gasteiger partial charge in [0.15, 0.2) is 6.61 Å². The number of hydrogen-bond acceptors (Lipinski definition) is 3. The van der Waals surface area contributed by atoms with E-state index in [1.165, 1.54) is 5.56 Å². The fraction of sp³-hybridized carbons (Fsp3) is 0.533. The van der Waals surface area contributed by atoms with Crippen molar-refractivity contribution in [2.75, 3.05) is 6.61 Å². The Kier molecular flexibility index (Phi) is 5.69. The number of carbonyl (C=O) groups is 1. The van der Waals surface area contributed by atoms with Gasteiger partial charge in [-0.3, -0.25) is 0 Å². The van der Waals surface area contributed by atoms with E-state index in [2.05, 4.69) is 6.92 Å². The molecular formula is C15H22O3. The smallest absolute Gasteiger partial charge is 0.344 e. The van der Waals surface area contributed by atoms with Gasteiger partial charge in [-0.05, 0) is 37.0 Å². The molecule has 0 fully saturated rings. The molecule has 1 unspecified atom stereocenters. The van der Waals surface area contributed by atoms with Crippen LogP contribution in [0.3, 0.4) is 0 Å². The van der Waals surface area contributed by atoms with Crippen LogP contribution in [-0.2, 0) is 16.0 Å². The van der Waals surface area contributed by atoms with Gasteiger partial charge in [-0.1, -0.05) is 32.9 Å². The van der Waals surface area contributed by atoms with Crippen LogP contribution in [0.5, 0.6) is 5.75 Å². The van der Waals surface area contributed by atoms with Crippen LogP contribution in [0.15, 0.2) is 24.3 Å². The average Bonchev–Trinajstić information content (AvgIpc) is 2.36. The molecule has 0 heterocycles. The van der Waals surface area contributed by atoms with Crippen LogP contribution in [0.1, 0.15) is 33.3 Å². The first-order chi connectivity index (χ1) is 8.52. The Hall–Kier alpha value is -1.51. The lowest BCUT2D eigenvalue weighted by atomic mass is 10.1. The van der Waals surface area contributed by atoms with Crippen molar-refractivity contribution in [1.82, 2.24) is 0 Å². The Morgan fingerprint density at radius 3 is 2.28 bits per heavy atom. The lowest BCUT2D eigenvalue weighted by Gasteiger charge is -2.16. The lowest BCUT2D eigenvalue weighted by molar-refractivity contribution is -0.152. The van der Waals surface area contributed by atoms with Crippen LogP contribution in [0.4, 0.5) is 0 Å². The summed E-state index contributed by atoms with van der Waals surface area (Å²) >= 11 is 0. The molecule has 0 N–H and O–H groups in total. The standard InChI is InChI=1S/C15H22O3/c1-5-13-6-8-14(9-7-13)17-10-15(16)18-12(4)11(2)3/h6-9,11-12H,5,10H2,1-4H3. The maximum absolute atomic E-state index is 11.5. The number of esters is 1. The summed E-state index contributed by atoms with van der Waals surface area (Å²) in [5.74, 6) is 0.690. The molecule has 0 aliphatic rings. The summed E-state index contributed by atoms with van der Waals surface area (Å²) in [5.41, 5.74) is 1.25. The quantitative estimate of drug-likeness (QED) is 0.727. The molecule has 0 bridgehead atoms. The number of aryl methyl sites for hydroxylation is 1. The van der Waals surface area contributed by atoms with Gasteiger partial charge in [0.25, 0.3) is 0 Å². The van der Waals surface area contributed by atoms with Gasteiger partial charge in [0.1, 0.15) is 11.9 Å². The predicted molar refractivity (Wildman–Crippen MR) is 71.7 cm³/mol. The highest BCUT2D eigenvalue weighted by Gasteiger charge is 2.13. The average molecular weight is 250 g/mol.